The summed E-state index contributed by atoms with van der Waals surface area (Å²) >= 11 is 0. The molecule has 2 aromatic rings. The highest BCUT2D eigenvalue weighted by molar-refractivity contribution is 5.77. The molecular formula is C25H28F6N2O3. The molecule has 0 unspecified atom stereocenters. The molecule has 0 aromatic heterocycles. The molecule has 1 aliphatic rings. The maximum atomic E-state index is 13.8. The summed E-state index contributed by atoms with van der Waals surface area (Å²) in [5.74, 6) is -1.88. The molecule has 0 amide bonds. The molecule has 11 heteroatoms. The van der Waals surface area contributed by atoms with Crippen LogP contribution in [0.4, 0.5) is 26.3 Å². The topological polar surface area (TPSA) is 53.0 Å². The predicted octanol–water partition coefficient (Wildman–Crippen LogP) is 5.59. The van der Waals surface area contributed by atoms with Crippen LogP contribution in [0.2, 0.25) is 0 Å². The van der Waals surface area contributed by atoms with Crippen LogP contribution < -0.4 is 4.74 Å². The zero-order chi connectivity index (χ0) is 26.9. The van der Waals surface area contributed by atoms with Crippen molar-refractivity contribution >= 4 is 5.97 Å². The van der Waals surface area contributed by atoms with E-state index in [-0.39, 0.29) is 12.1 Å². The van der Waals surface area contributed by atoms with Gasteiger partial charge in [-0.3, -0.25) is 9.80 Å². The number of ether oxygens (including phenoxy) is 1. The van der Waals surface area contributed by atoms with Gasteiger partial charge in [-0.2, -0.15) is 26.3 Å². The number of carboxylic acid groups (broad SMARTS) is 1. The minimum absolute atomic E-state index is 0.190. The SMILES string of the molecule is Cc1cc(CN2CCN(Cc3ccc(C(F)(F)F)cc3)CC2)cc(C(F)(F)F)c1OC(C)(C)C(=O)O. The fraction of sp³-hybridized carbons (Fsp3) is 0.480. The van der Waals surface area contributed by atoms with Gasteiger partial charge in [0.25, 0.3) is 0 Å². The van der Waals surface area contributed by atoms with Gasteiger partial charge in [-0.05, 0) is 55.7 Å². The zero-order valence-corrected chi connectivity index (χ0v) is 20.1. The first kappa shape index (κ1) is 27.8. The van der Waals surface area contributed by atoms with Crippen molar-refractivity contribution in [2.45, 2.75) is 51.8 Å². The lowest BCUT2D eigenvalue weighted by molar-refractivity contribution is -0.155. The second kappa shape index (κ2) is 10.3. The number of alkyl halides is 6. The lowest BCUT2D eigenvalue weighted by Gasteiger charge is -2.35. The molecular weight excluding hydrogens is 490 g/mol. The highest BCUT2D eigenvalue weighted by Gasteiger charge is 2.39. The van der Waals surface area contributed by atoms with Crippen molar-refractivity contribution < 1.29 is 41.0 Å². The molecule has 0 atom stereocenters. The average Bonchev–Trinajstić information content (AvgIpc) is 2.75. The number of piperazine rings is 1. The number of halogens is 6. The predicted molar refractivity (Wildman–Crippen MR) is 121 cm³/mol. The van der Waals surface area contributed by atoms with Crippen LogP contribution in [-0.2, 0) is 30.2 Å². The van der Waals surface area contributed by atoms with Crippen molar-refractivity contribution in [3.8, 4) is 5.75 Å². The second-order valence-corrected chi connectivity index (χ2v) is 9.45. The Balaban J connectivity index is 1.66. The molecule has 1 saturated heterocycles. The third-order valence-electron chi connectivity index (χ3n) is 6.07. The number of aliphatic carboxylic acids is 1. The Hall–Kier alpha value is -2.79. The number of hydrogen-bond acceptors (Lipinski definition) is 4. The van der Waals surface area contributed by atoms with Crippen LogP contribution in [-0.4, -0.2) is 52.7 Å². The number of carboxylic acids is 1. The Morgan fingerprint density at radius 1 is 0.861 bits per heavy atom. The maximum absolute atomic E-state index is 13.8. The van der Waals surface area contributed by atoms with Crippen LogP contribution in [0.25, 0.3) is 0 Å². The van der Waals surface area contributed by atoms with E-state index in [0.717, 1.165) is 23.8 Å². The summed E-state index contributed by atoms with van der Waals surface area (Å²) in [5, 5.41) is 9.25. The summed E-state index contributed by atoms with van der Waals surface area (Å²) in [7, 11) is 0. The molecule has 0 saturated carbocycles. The van der Waals surface area contributed by atoms with Gasteiger partial charge in [0.05, 0.1) is 11.1 Å². The number of aryl methyl sites for hydroxylation is 1. The number of nitrogens with zero attached hydrogens (tertiary/aromatic N) is 2. The second-order valence-electron chi connectivity index (χ2n) is 9.45. The highest BCUT2D eigenvalue weighted by Crippen LogP contribution is 2.40. The van der Waals surface area contributed by atoms with E-state index in [1.807, 2.05) is 4.90 Å². The minimum atomic E-state index is -4.73. The molecule has 36 heavy (non-hydrogen) atoms. The normalized spacial score (nSPS) is 16.2. The van der Waals surface area contributed by atoms with Gasteiger partial charge in [-0.1, -0.05) is 18.2 Å². The number of carbonyl (C=O) groups is 1. The standard InChI is InChI=1S/C25H28F6N2O3/c1-16-12-18(13-20(25(29,30)31)21(16)36-23(2,3)22(34)35)15-33-10-8-32(9-11-33)14-17-4-6-19(7-5-17)24(26,27)28/h4-7,12-13H,8-11,14-15H2,1-3H3,(H,34,35). The first-order chi connectivity index (χ1) is 16.6. The zero-order valence-electron chi connectivity index (χ0n) is 20.1. The molecule has 1 N–H and O–H groups in total. The number of benzene rings is 2. The molecule has 3 rings (SSSR count). The largest absolute Gasteiger partial charge is 0.478 e. The fourth-order valence-corrected chi connectivity index (χ4v) is 4.01. The monoisotopic (exact) mass is 518 g/mol. The molecule has 5 nitrogen and oxygen atoms in total. The van der Waals surface area contributed by atoms with Crippen LogP contribution in [0.3, 0.4) is 0 Å². The van der Waals surface area contributed by atoms with Crippen molar-refractivity contribution in [3.63, 3.8) is 0 Å². The number of hydrogen-bond donors (Lipinski definition) is 1. The molecule has 0 aliphatic carbocycles. The van der Waals surface area contributed by atoms with Crippen molar-refractivity contribution in [2.75, 3.05) is 26.2 Å². The third-order valence-corrected chi connectivity index (χ3v) is 6.07. The fourth-order valence-electron chi connectivity index (χ4n) is 4.01. The van der Waals surface area contributed by atoms with Gasteiger partial charge >= 0.3 is 18.3 Å². The van der Waals surface area contributed by atoms with E-state index in [0.29, 0.717) is 38.3 Å². The van der Waals surface area contributed by atoms with E-state index in [4.69, 9.17) is 4.74 Å². The summed E-state index contributed by atoms with van der Waals surface area (Å²) < 4.78 is 84.9. The highest BCUT2D eigenvalue weighted by atomic mass is 19.4. The van der Waals surface area contributed by atoms with Crippen LogP contribution in [0, 0.1) is 6.92 Å². The Morgan fingerprint density at radius 3 is 1.81 bits per heavy atom. The molecule has 0 spiro atoms. The summed E-state index contributed by atoms with van der Waals surface area (Å²) in [4.78, 5) is 15.4. The quantitative estimate of drug-likeness (QED) is 0.485. The van der Waals surface area contributed by atoms with Crippen LogP contribution in [0.1, 0.15) is 41.7 Å². The van der Waals surface area contributed by atoms with Crippen LogP contribution in [0.5, 0.6) is 5.75 Å². The molecule has 1 heterocycles. The van der Waals surface area contributed by atoms with Gasteiger partial charge in [-0.15, -0.1) is 0 Å². The van der Waals surface area contributed by atoms with Crippen LogP contribution >= 0.6 is 0 Å². The van der Waals surface area contributed by atoms with E-state index in [1.165, 1.54) is 32.9 Å². The summed E-state index contributed by atoms with van der Waals surface area (Å²) in [6.07, 6.45) is -9.11. The molecule has 0 radical (unpaired) electrons. The smallest absolute Gasteiger partial charge is 0.419 e. The van der Waals surface area contributed by atoms with E-state index < -0.39 is 40.8 Å². The third kappa shape index (κ3) is 6.91. The summed E-state index contributed by atoms with van der Waals surface area (Å²) in [5.41, 5.74) is -2.19. The molecule has 198 valence electrons. The first-order valence-electron chi connectivity index (χ1n) is 11.3. The van der Waals surface area contributed by atoms with E-state index in [2.05, 4.69) is 4.90 Å². The molecule has 0 bridgehead atoms. The van der Waals surface area contributed by atoms with Gasteiger partial charge in [0.15, 0.2) is 5.60 Å². The van der Waals surface area contributed by atoms with Gasteiger partial charge in [0, 0.05) is 39.3 Å². The first-order valence-corrected chi connectivity index (χ1v) is 11.3. The Morgan fingerprint density at radius 2 is 1.36 bits per heavy atom. The molecule has 1 fully saturated rings. The van der Waals surface area contributed by atoms with Crippen LogP contribution in [0.15, 0.2) is 36.4 Å². The van der Waals surface area contributed by atoms with Crippen molar-refractivity contribution in [2.24, 2.45) is 0 Å². The van der Waals surface area contributed by atoms with E-state index in [9.17, 15) is 36.2 Å². The van der Waals surface area contributed by atoms with Crippen molar-refractivity contribution in [1.82, 2.24) is 9.80 Å². The average molecular weight is 518 g/mol. The van der Waals surface area contributed by atoms with Gasteiger partial charge < -0.3 is 9.84 Å². The maximum Gasteiger partial charge on any atom is 0.419 e. The lowest BCUT2D eigenvalue weighted by atomic mass is 10.0. The van der Waals surface area contributed by atoms with Gasteiger partial charge in [0.2, 0.25) is 0 Å². The minimum Gasteiger partial charge on any atom is -0.478 e. The van der Waals surface area contributed by atoms with Crippen molar-refractivity contribution in [3.05, 3.63) is 64.2 Å². The summed E-state index contributed by atoms with van der Waals surface area (Å²) in [6.45, 7) is 6.94. The lowest BCUT2D eigenvalue weighted by Crippen LogP contribution is -2.45. The van der Waals surface area contributed by atoms with Gasteiger partial charge in [-0.25, -0.2) is 4.79 Å². The Bertz CT molecular complexity index is 1070. The molecule has 2 aromatic carbocycles. The van der Waals surface area contributed by atoms with Gasteiger partial charge in [0.1, 0.15) is 5.75 Å². The van der Waals surface area contributed by atoms with Crippen molar-refractivity contribution in [1.29, 1.82) is 0 Å². The Kier molecular flexibility index (Phi) is 7.95. The van der Waals surface area contributed by atoms with E-state index in [1.54, 1.807) is 6.07 Å². The number of rotatable bonds is 7. The summed E-state index contributed by atoms with van der Waals surface area (Å²) in [6, 6.07) is 7.57. The Labute approximate surface area is 205 Å². The molecule has 1 aliphatic heterocycles. The van der Waals surface area contributed by atoms with E-state index >= 15 is 0 Å².